The zero-order valence-electron chi connectivity index (χ0n) is 16.4. The number of benzene rings is 2. The second-order valence-electron chi connectivity index (χ2n) is 7.17. The molecule has 1 aliphatic rings. The van der Waals surface area contributed by atoms with E-state index in [1.54, 1.807) is 18.2 Å². The van der Waals surface area contributed by atoms with Crippen LogP contribution in [0.3, 0.4) is 0 Å². The lowest BCUT2D eigenvalue weighted by Crippen LogP contribution is -2.49. The Kier molecular flexibility index (Phi) is 5.52. The van der Waals surface area contributed by atoms with Gasteiger partial charge in [-0.1, -0.05) is 41.4 Å². The first-order valence-electron chi connectivity index (χ1n) is 9.56. The van der Waals surface area contributed by atoms with Crippen LogP contribution in [0.5, 0.6) is 0 Å². The first-order valence-corrected chi connectivity index (χ1v) is 10.3. The number of nitrogens with zero attached hydrogens (tertiary/aromatic N) is 4. The van der Waals surface area contributed by atoms with Crippen molar-refractivity contribution in [2.24, 2.45) is 0 Å². The van der Waals surface area contributed by atoms with Gasteiger partial charge in [-0.05, 0) is 44.2 Å². The fourth-order valence-corrected chi connectivity index (χ4v) is 4.25. The average Bonchev–Trinajstić information content (AvgIpc) is 3.04. The molecular weight excluding hydrogens is 407 g/mol. The third kappa shape index (κ3) is 3.85. The second-order valence-corrected chi connectivity index (χ2v) is 8.01. The molecule has 3 aromatic rings. The number of halogens is 2. The van der Waals surface area contributed by atoms with Crippen LogP contribution in [0, 0.1) is 13.8 Å². The van der Waals surface area contributed by atoms with Crippen molar-refractivity contribution in [3.8, 4) is 5.69 Å². The molecule has 0 atom stereocenters. The van der Waals surface area contributed by atoms with Crippen molar-refractivity contribution in [1.29, 1.82) is 0 Å². The number of amides is 1. The Balaban J connectivity index is 1.51. The quantitative estimate of drug-likeness (QED) is 0.603. The highest BCUT2D eigenvalue weighted by Gasteiger charge is 2.27. The summed E-state index contributed by atoms with van der Waals surface area (Å²) in [5.41, 5.74) is 4.73. The van der Waals surface area contributed by atoms with Gasteiger partial charge in [-0.15, -0.1) is 0 Å². The fourth-order valence-electron chi connectivity index (χ4n) is 3.88. The van der Waals surface area contributed by atoms with Crippen LogP contribution >= 0.6 is 23.2 Å². The van der Waals surface area contributed by atoms with Crippen LogP contribution in [-0.4, -0.2) is 46.8 Å². The summed E-state index contributed by atoms with van der Waals surface area (Å²) in [6, 6.07) is 15.1. The first kappa shape index (κ1) is 19.8. The minimum absolute atomic E-state index is 0.0782. The fraction of sp³-hybridized carbons (Fsp3) is 0.273. The third-order valence-corrected chi connectivity index (χ3v) is 5.86. The van der Waals surface area contributed by atoms with E-state index >= 15 is 0 Å². The molecule has 150 valence electrons. The van der Waals surface area contributed by atoms with E-state index in [-0.39, 0.29) is 5.91 Å². The molecule has 0 saturated carbocycles. The van der Waals surface area contributed by atoms with Crippen LogP contribution in [0.15, 0.2) is 48.5 Å². The Bertz CT molecular complexity index is 1040. The summed E-state index contributed by atoms with van der Waals surface area (Å²) in [5.74, 6) is -0.0782. The Morgan fingerprint density at radius 3 is 2.34 bits per heavy atom. The molecule has 0 N–H and O–H groups in total. The van der Waals surface area contributed by atoms with Crippen molar-refractivity contribution >= 4 is 34.8 Å². The van der Waals surface area contributed by atoms with E-state index in [9.17, 15) is 4.79 Å². The molecule has 7 heteroatoms. The molecule has 1 aliphatic heterocycles. The highest BCUT2D eigenvalue weighted by Crippen LogP contribution is 2.28. The maximum absolute atomic E-state index is 12.9. The maximum Gasteiger partial charge on any atom is 0.255 e. The zero-order chi connectivity index (χ0) is 20.5. The summed E-state index contributed by atoms with van der Waals surface area (Å²) in [6.45, 7) is 6.85. The number of anilines is 1. The molecule has 2 heterocycles. The number of rotatable bonds is 3. The SMILES string of the molecule is Cc1nn(-c2ccccc2)c(C)c1N1CCN(C(=O)c2cc(Cl)ccc2Cl)CC1. The highest BCUT2D eigenvalue weighted by molar-refractivity contribution is 6.35. The Labute approximate surface area is 180 Å². The van der Waals surface area contributed by atoms with E-state index in [1.807, 2.05) is 34.7 Å². The number of piperazine rings is 1. The predicted octanol–water partition coefficient (Wildman–Crippen LogP) is 4.76. The van der Waals surface area contributed by atoms with E-state index in [1.165, 1.54) is 0 Å². The Morgan fingerprint density at radius 1 is 0.966 bits per heavy atom. The van der Waals surface area contributed by atoms with Crippen molar-refractivity contribution < 1.29 is 4.79 Å². The Morgan fingerprint density at radius 2 is 1.66 bits per heavy atom. The number of aryl methyl sites for hydroxylation is 1. The van der Waals surface area contributed by atoms with Crippen molar-refractivity contribution in [3.63, 3.8) is 0 Å². The molecule has 29 heavy (non-hydrogen) atoms. The standard InChI is InChI=1S/C22H22Cl2N4O/c1-15-21(16(2)28(25-15)18-6-4-3-5-7-18)26-10-12-27(13-11-26)22(29)19-14-17(23)8-9-20(19)24/h3-9,14H,10-13H2,1-2H3. The van der Waals surface area contributed by atoms with Gasteiger partial charge in [0.1, 0.15) is 0 Å². The summed E-state index contributed by atoms with van der Waals surface area (Å²) in [5, 5.41) is 5.68. The van der Waals surface area contributed by atoms with Gasteiger partial charge in [-0.3, -0.25) is 4.79 Å². The highest BCUT2D eigenvalue weighted by atomic mass is 35.5. The number of carbonyl (C=O) groups is 1. The molecule has 1 aromatic heterocycles. The van der Waals surface area contributed by atoms with Gasteiger partial charge >= 0.3 is 0 Å². The molecule has 0 radical (unpaired) electrons. The van der Waals surface area contributed by atoms with E-state index in [0.29, 0.717) is 28.7 Å². The molecule has 5 nitrogen and oxygen atoms in total. The summed E-state index contributed by atoms with van der Waals surface area (Å²) in [4.78, 5) is 17.0. The molecular formula is C22H22Cl2N4O. The van der Waals surface area contributed by atoms with Crippen LogP contribution in [-0.2, 0) is 0 Å². The van der Waals surface area contributed by atoms with E-state index in [0.717, 1.165) is 35.9 Å². The summed E-state index contributed by atoms with van der Waals surface area (Å²) in [7, 11) is 0. The summed E-state index contributed by atoms with van der Waals surface area (Å²) in [6.07, 6.45) is 0. The predicted molar refractivity (Wildman–Crippen MR) is 118 cm³/mol. The van der Waals surface area contributed by atoms with Crippen LogP contribution in [0.2, 0.25) is 10.0 Å². The minimum atomic E-state index is -0.0782. The maximum atomic E-state index is 12.9. The number of carbonyl (C=O) groups excluding carboxylic acids is 1. The molecule has 1 amide bonds. The molecule has 1 saturated heterocycles. The summed E-state index contributed by atoms with van der Waals surface area (Å²) >= 11 is 12.3. The van der Waals surface area contributed by atoms with Crippen LogP contribution < -0.4 is 4.90 Å². The number of para-hydroxylation sites is 1. The molecule has 0 unspecified atom stereocenters. The lowest BCUT2D eigenvalue weighted by atomic mass is 10.1. The van der Waals surface area contributed by atoms with Gasteiger partial charge in [-0.25, -0.2) is 4.68 Å². The molecule has 2 aromatic carbocycles. The van der Waals surface area contributed by atoms with Gasteiger partial charge in [0, 0.05) is 31.2 Å². The molecule has 1 fully saturated rings. The lowest BCUT2D eigenvalue weighted by molar-refractivity contribution is 0.0747. The number of aromatic nitrogens is 2. The molecule has 4 rings (SSSR count). The average molecular weight is 429 g/mol. The van der Waals surface area contributed by atoms with E-state index < -0.39 is 0 Å². The van der Waals surface area contributed by atoms with Gasteiger partial charge in [0.05, 0.1) is 33.3 Å². The van der Waals surface area contributed by atoms with Crippen molar-refractivity contribution in [3.05, 3.63) is 75.5 Å². The monoisotopic (exact) mass is 428 g/mol. The topological polar surface area (TPSA) is 41.4 Å². The van der Waals surface area contributed by atoms with Crippen molar-refractivity contribution in [1.82, 2.24) is 14.7 Å². The smallest absolute Gasteiger partial charge is 0.255 e. The van der Waals surface area contributed by atoms with Gasteiger partial charge in [0.2, 0.25) is 0 Å². The zero-order valence-corrected chi connectivity index (χ0v) is 17.9. The lowest BCUT2D eigenvalue weighted by Gasteiger charge is -2.36. The van der Waals surface area contributed by atoms with Crippen LogP contribution in [0.4, 0.5) is 5.69 Å². The minimum Gasteiger partial charge on any atom is -0.365 e. The van der Waals surface area contributed by atoms with Gasteiger partial charge in [0.15, 0.2) is 0 Å². The second kappa shape index (κ2) is 8.09. The summed E-state index contributed by atoms with van der Waals surface area (Å²) < 4.78 is 1.98. The largest absolute Gasteiger partial charge is 0.365 e. The van der Waals surface area contributed by atoms with Gasteiger partial charge < -0.3 is 9.80 Å². The van der Waals surface area contributed by atoms with Crippen LogP contribution in [0.25, 0.3) is 5.69 Å². The van der Waals surface area contributed by atoms with Gasteiger partial charge in [-0.2, -0.15) is 5.10 Å². The Hall–Kier alpha value is -2.50. The van der Waals surface area contributed by atoms with E-state index in [2.05, 4.69) is 24.0 Å². The van der Waals surface area contributed by atoms with Crippen LogP contribution in [0.1, 0.15) is 21.7 Å². The molecule has 0 spiro atoms. The third-order valence-electron chi connectivity index (χ3n) is 5.30. The normalized spacial score (nSPS) is 14.3. The first-order chi connectivity index (χ1) is 14.0. The number of hydrogen-bond donors (Lipinski definition) is 0. The number of hydrogen-bond acceptors (Lipinski definition) is 3. The molecule has 0 aliphatic carbocycles. The van der Waals surface area contributed by atoms with Gasteiger partial charge in [0.25, 0.3) is 5.91 Å². The van der Waals surface area contributed by atoms with Crippen molar-refractivity contribution in [2.75, 3.05) is 31.1 Å². The van der Waals surface area contributed by atoms with Crippen molar-refractivity contribution in [2.45, 2.75) is 13.8 Å². The molecule has 0 bridgehead atoms. The van der Waals surface area contributed by atoms with E-state index in [4.69, 9.17) is 28.3 Å².